The van der Waals surface area contributed by atoms with E-state index in [0.717, 1.165) is 22.0 Å². The summed E-state index contributed by atoms with van der Waals surface area (Å²) >= 11 is 1.37. The van der Waals surface area contributed by atoms with Crippen LogP contribution in [0, 0.1) is 6.92 Å². The lowest BCUT2D eigenvalue weighted by Crippen LogP contribution is -2.22. The van der Waals surface area contributed by atoms with E-state index in [0.29, 0.717) is 11.4 Å². The van der Waals surface area contributed by atoms with Crippen molar-refractivity contribution in [2.75, 3.05) is 0 Å². The van der Waals surface area contributed by atoms with E-state index >= 15 is 0 Å². The minimum atomic E-state index is -0.0963. The number of hydrogen-bond acceptors (Lipinski definition) is 4. The Kier molecular flexibility index (Phi) is 4.25. The van der Waals surface area contributed by atoms with Crippen molar-refractivity contribution < 1.29 is 4.79 Å². The molecule has 1 amide bonds. The largest absolute Gasteiger partial charge is 0.347 e. The number of carbonyl (C=O) groups excluding carboxylic acids is 1. The van der Waals surface area contributed by atoms with Crippen molar-refractivity contribution in [1.29, 1.82) is 0 Å². The number of aromatic nitrogens is 2. The second-order valence-electron chi connectivity index (χ2n) is 4.82. The van der Waals surface area contributed by atoms with Crippen LogP contribution in [0.2, 0.25) is 0 Å². The van der Waals surface area contributed by atoms with E-state index in [1.54, 1.807) is 6.20 Å². The third-order valence-corrected chi connectivity index (χ3v) is 4.36. The van der Waals surface area contributed by atoms with Gasteiger partial charge in [0.25, 0.3) is 5.91 Å². The Morgan fingerprint density at radius 2 is 1.91 bits per heavy atom. The van der Waals surface area contributed by atoms with Crippen LogP contribution in [0.4, 0.5) is 0 Å². The van der Waals surface area contributed by atoms with Gasteiger partial charge in [-0.2, -0.15) is 0 Å². The SMILES string of the molecule is Cc1nc(-c2ccccn2)sc1C(=O)NCc1ccccc1. The van der Waals surface area contributed by atoms with Crippen molar-refractivity contribution in [3.05, 3.63) is 70.9 Å². The van der Waals surface area contributed by atoms with Gasteiger partial charge in [-0.25, -0.2) is 4.98 Å². The fourth-order valence-corrected chi connectivity index (χ4v) is 3.02. The van der Waals surface area contributed by atoms with Gasteiger partial charge in [0.1, 0.15) is 9.88 Å². The summed E-state index contributed by atoms with van der Waals surface area (Å²) in [4.78, 5) is 21.7. The van der Waals surface area contributed by atoms with Gasteiger partial charge in [0.05, 0.1) is 11.4 Å². The number of rotatable bonds is 4. The van der Waals surface area contributed by atoms with Gasteiger partial charge in [-0.05, 0) is 24.6 Å². The van der Waals surface area contributed by atoms with Gasteiger partial charge in [0.15, 0.2) is 0 Å². The normalized spacial score (nSPS) is 10.4. The van der Waals surface area contributed by atoms with Crippen LogP contribution in [0.15, 0.2) is 54.7 Å². The Labute approximate surface area is 132 Å². The topological polar surface area (TPSA) is 54.9 Å². The minimum absolute atomic E-state index is 0.0963. The fourth-order valence-electron chi connectivity index (χ4n) is 2.06. The molecule has 110 valence electrons. The van der Waals surface area contributed by atoms with E-state index in [9.17, 15) is 4.79 Å². The van der Waals surface area contributed by atoms with Crippen LogP contribution in [0.5, 0.6) is 0 Å². The van der Waals surface area contributed by atoms with Crippen LogP contribution >= 0.6 is 11.3 Å². The van der Waals surface area contributed by atoms with Gasteiger partial charge in [0.2, 0.25) is 0 Å². The smallest absolute Gasteiger partial charge is 0.263 e. The van der Waals surface area contributed by atoms with E-state index in [4.69, 9.17) is 0 Å². The summed E-state index contributed by atoms with van der Waals surface area (Å²) in [5, 5.41) is 3.70. The molecule has 0 unspecified atom stereocenters. The lowest BCUT2D eigenvalue weighted by atomic mass is 10.2. The molecule has 0 aliphatic carbocycles. The third kappa shape index (κ3) is 3.20. The molecule has 22 heavy (non-hydrogen) atoms. The number of thiazole rings is 1. The van der Waals surface area contributed by atoms with Crippen molar-refractivity contribution in [2.24, 2.45) is 0 Å². The Balaban J connectivity index is 1.74. The molecule has 0 spiro atoms. The zero-order valence-corrected chi connectivity index (χ0v) is 12.9. The van der Waals surface area contributed by atoms with E-state index in [1.807, 2.05) is 55.5 Å². The molecular weight excluding hydrogens is 294 g/mol. The number of nitrogens with one attached hydrogen (secondary N) is 1. The Morgan fingerprint density at radius 3 is 2.64 bits per heavy atom. The molecule has 2 aromatic heterocycles. The zero-order valence-electron chi connectivity index (χ0n) is 12.1. The second kappa shape index (κ2) is 6.49. The summed E-state index contributed by atoms with van der Waals surface area (Å²) in [5.41, 5.74) is 2.59. The first-order valence-electron chi connectivity index (χ1n) is 6.95. The number of aryl methyl sites for hydroxylation is 1. The van der Waals surface area contributed by atoms with Crippen LogP contribution < -0.4 is 5.32 Å². The lowest BCUT2D eigenvalue weighted by Gasteiger charge is -2.03. The molecule has 3 rings (SSSR count). The summed E-state index contributed by atoms with van der Waals surface area (Å²) in [6, 6.07) is 15.5. The average Bonchev–Trinajstić information content (AvgIpc) is 2.96. The molecule has 3 aromatic rings. The van der Waals surface area contributed by atoms with Crippen LogP contribution in [-0.2, 0) is 6.54 Å². The molecule has 1 N–H and O–H groups in total. The standard InChI is InChI=1S/C17H15N3OS/c1-12-15(16(21)19-11-13-7-3-2-4-8-13)22-17(20-12)14-9-5-6-10-18-14/h2-10H,11H2,1H3,(H,19,21). The number of carbonyl (C=O) groups is 1. The van der Waals surface area contributed by atoms with E-state index < -0.39 is 0 Å². The summed E-state index contributed by atoms with van der Waals surface area (Å²) in [6.07, 6.45) is 1.72. The molecule has 5 heteroatoms. The highest BCUT2D eigenvalue weighted by Gasteiger charge is 2.16. The van der Waals surface area contributed by atoms with E-state index in [-0.39, 0.29) is 5.91 Å². The van der Waals surface area contributed by atoms with Crippen molar-refractivity contribution >= 4 is 17.2 Å². The zero-order chi connectivity index (χ0) is 15.4. The fraction of sp³-hybridized carbons (Fsp3) is 0.118. The van der Waals surface area contributed by atoms with Crippen molar-refractivity contribution in [1.82, 2.24) is 15.3 Å². The van der Waals surface area contributed by atoms with E-state index in [2.05, 4.69) is 15.3 Å². The molecule has 0 bridgehead atoms. The number of amides is 1. The minimum Gasteiger partial charge on any atom is -0.347 e. The van der Waals surface area contributed by atoms with Crippen LogP contribution in [0.25, 0.3) is 10.7 Å². The van der Waals surface area contributed by atoms with Gasteiger partial charge in [-0.1, -0.05) is 36.4 Å². The maximum atomic E-state index is 12.3. The highest BCUT2D eigenvalue weighted by Crippen LogP contribution is 2.26. The summed E-state index contributed by atoms with van der Waals surface area (Å²) in [5.74, 6) is -0.0963. The molecule has 0 aliphatic rings. The van der Waals surface area contributed by atoms with E-state index in [1.165, 1.54) is 11.3 Å². The van der Waals surface area contributed by atoms with Crippen LogP contribution in [0.3, 0.4) is 0 Å². The van der Waals surface area contributed by atoms with Crippen LogP contribution in [-0.4, -0.2) is 15.9 Å². The Hall–Kier alpha value is -2.53. The van der Waals surface area contributed by atoms with Gasteiger partial charge >= 0.3 is 0 Å². The molecule has 0 atom stereocenters. The predicted octanol–water partition coefficient (Wildman–Crippen LogP) is 3.44. The molecule has 0 radical (unpaired) electrons. The molecule has 0 saturated carbocycles. The molecule has 1 aromatic carbocycles. The highest BCUT2D eigenvalue weighted by atomic mass is 32.1. The number of pyridine rings is 1. The average molecular weight is 309 g/mol. The predicted molar refractivity (Wildman–Crippen MR) is 87.7 cm³/mol. The number of hydrogen-bond donors (Lipinski definition) is 1. The number of nitrogens with zero attached hydrogens (tertiary/aromatic N) is 2. The molecule has 0 aliphatic heterocycles. The quantitative estimate of drug-likeness (QED) is 0.803. The van der Waals surface area contributed by atoms with Gasteiger partial charge in [-0.15, -0.1) is 11.3 Å². The van der Waals surface area contributed by atoms with Crippen molar-refractivity contribution in [3.8, 4) is 10.7 Å². The highest BCUT2D eigenvalue weighted by molar-refractivity contribution is 7.17. The van der Waals surface area contributed by atoms with Gasteiger partial charge in [-0.3, -0.25) is 9.78 Å². The lowest BCUT2D eigenvalue weighted by molar-refractivity contribution is 0.0954. The first-order chi connectivity index (χ1) is 10.7. The summed E-state index contributed by atoms with van der Waals surface area (Å²) in [6.45, 7) is 2.36. The van der Waals surface area contributed by atoms with Gasteiger partial charge in [0, 0.05) is 12.7 Å². The monoisotopic (exact) mass is 309 g/mol. The Morgan fingerprint density at radius 1 is 1.14 bits per heavy atom. The summed E-state index contributed by atoms with van der Waals surface area (Å²) in [7, 11) is 0. The molecule has 0 saturated heterocycles. The molecule has 2 heterocycles. The molecule has 0 fully saturated rings. The number of benzene rings is 1. The Bertz CT molecular complexity index is 769. The molecule has 4 nitrogen and oxygen atoms in total. The summed E-state index contributed by atoms with van der Waals surface area (Å²) < 4.78 is 0. The van der Waals surface area contributed by atoms with Gasteiger partial charge < -0.3 is 5.32 Å². The first-order valence-corrected chi connectivity index (χ1v) is 7.76. The first kappa shape index (κ1) is 14.4. The third-order valence-electron chi connectivity index (χ3n) is 3.18. The maximum Gasteiger partial charge on any atom is 0.263 e. The second-order valence-corrected chi connectivity index (χ2v) is 5.82. The van der Waals surface area contributed by atoms with Crippen LogP contribution in [0.1, 0.15) is 20.9 Å². The molecular formula is C17H15N3OS. The van der Waals surface area contributed by atoms with Crippen molar-refractivity contribution in [2.45, 2.75) is 13.5 Å². The van der Waals surface area contributed by atoms with Crippen molar-refractivity contribution in [3.63, 3.8) is 0 Å². The maximum absolute atomic E-state index is 12.3.